The predicted octanol–water partition coefficient (Wildman–Crippen LogP) is 0.0390. The third-order valence-corrected chi connectivity index (χ3v) is 2.93. The van der Waals surface area contributed by atoms with Gasteiger partial charge in [-0.1, -0.05) is 0 Å². The molecular weight excluding hydrogens is 331 g/mol. The summed E-state index contributed by atoms with van der Waals surface area (Å²) in [6, 6.07) is 0. The van der Waals surface area contributed by atoms with E-state index in [1.807, 2.05) is 0 Å². The van der Waals surface area contributed by atoms with Crippen molar-refractivity contribution in [1.29, 1.82) is 0 Å². The van der Waals surface area contributed by atoms with Crippen LogP contribution in [0.15, 0.2) is 0 Å². The molecule has 5 atom stereocenters. The molecule has 10 heteroatoms. The highest BCUT2D eigenvalue weighted by atomic mass is 19.1. The number of halogens is 1. The standard InChI is InChI=1S/C14H19FO9/c1-6(16)20-11-10(5-15)24-14(23-9(4)19)13(22-8(3)18)12(11)21-7(2)17/h10-14H,5H2,1-4H3/t10-,11-,12+,13-,14+/m1/s1. The molecular formula is C14H19FO9. The molecule has 0 radical (unpaired) electrons. The van der Waals surface area contributed by atoms with Gasteiger partial charge < -0.3 is 23.7 Å². The minimum Gasteiger partial charge on any atom is -0.456 e. The first kappa shape index (κ1) is 19.8. The van der Waals surface area contributed by atoms with Crippen LogP contribution in [0.25, 0.3) is 0 Å². The number of rotatable bonds is 5. The zero-order valence-corrected chi connectivity index (χ0v) is 13.6. The maximum Gasteiger partial charge on any atom is 0.305 e. The van der Waals surface area contributed by atoms with Crippen molar-refractivity contribution in [2.24, 2.45) is 0 Å². The lowest BCUT2D eigenvalue weighted by molar-refractivity contribution is -0.297. The summed E-state index contributed by atoms with van der Waals surface area (Å²) in [5.41, 5.74) is 0. The molecule has 0 amide bonds. The summed E-state index contributed by atoms with van der Waals surface area (Å²) in [7, 11) is 0. The molecule has 9 nitrogen and oxygen atoms in total. The summed E-state index contributed by atoms with van der Waals surface area (Å²) < 4.78 is 38.4. The van der Waals surface area contributed by atoms with E-state index < -0.39 is 61.3 Å². The van der Waals surface area contributed by atoms with E-state index in [0.717, 1.165) is 27.7 Å². The lowest BCUT2D eigenvalue weighted by Crippen LogP contribution is -2.62. The number of ether oxygens (including phenoxy) is 5. The molecule has 0 aliphatic carbocycles. The van der Waals surface area contributed by atoms with Crippen molar-refractivity contribution in [3.05, 3.63) is 0 Å². The first-order chi connectivity index (χ1) is 11.1. The van der Waals surface area contributed by atoms with Crippen molar-refractivity contribution < 1.29 is 47.3 Å². The first-order valence-electron chi connectivity index (χ1n) is 7.06. The zero-order chi connectivity index (χ0) is 18.4. The van der Waals surface area contributed by atoms with Gasteiger partial charge in [0.2, 0.25) is 12.4 Å². The van der Waals surface area contributed by atoms with Gasteiger partial charge in [0.25, 0.3) is 0 Å². The fourth-order valence-corrected chi connectivity index (χ4v) is 2.24. The van der Waals surface area contributed by atoms with Crippen molar-refractivity contribution in [1.82, 2.24) is 0 Å². The zero-order valence-electron chi connectivity index (χ0n) is 13.6. The number of carbonyl (C=O) groups excluding carboxylic acids is 4. The summed E-state index contributed by atoms with van der Waals surface area (Å²) >= 11 is 0. The van der Waals surface area contributed by atoms with E-state index in [1.54, 1.807) is 0 Å². The van der Waals surface area contributed by atoms with Crippen LogP contribution in [-0.2, 0) is 42.9 Å². The Hall–Kier alpha value is -2.23. The van der Waals surface area contributed by atoms with Gasteiger partial charge in [-0.2, -0.15) is 0 Å². The molecule has 0 aromatic rings. The summed E-state index contributed by atoms with van der Waals surface area (Å²) in [5.74, 6) is -3.16. The van der Waals surface area contributed by atoms with Crippen LogP contribution in [0.1, 0.15) is 27.7 Å². The van der Waals surface area contributed by atoms with Crippen LogP contribution in [0.3, 0.4) is 0 Å². The quantitative estimate of drug-likeness (QED) is 0.500. The van der Waals surface area contributed by atoms with Crippen LogP contribution in [0.2, 0.25) is 0 Å². The second kappa shape index (κ2) is 8.57. The molecule has 1 rings (SSSR count). The van der Waals surface area contributed by atoms with Gasteiger partial charge in [0.15, 0.2) is 12.2 Å². The Balaban J connectivity index is 3.23. The van der Waals surface area contributed by atoms with E-state index in [1.165, 1.54) is 0 Å². The molecule has 1 fully saturated rings. The van der Waals surface area contributed by atoms with Crippen molar-refractivity contribution in [3.63, 3.8) is 0 Å². The van der Waals surface area contributed by atoms with Crippen molar-refractivity contribution in [2.75, 3.05) is 6.67 Å². The Labute approximate surface area is 137 Å². The molecule has 0 N–H and O–H groups in total. The van der Waals surface area contributed by atoms with E-state index in [4.69, 9.17) is 23.7 Å². The van der Waals surface area contributed by atoms with Crippen LogP contribution in [0.4, 0.5) is 4.39 Å². The molecule has 0 aromatic carbocycles. The monoisotopic (exact) mass is 350 g/mol. The smallest absolute Gasteiger partial charge is 0.305 e. The third kappa shape index (κ3) is 5.44. The van der Waals surface area contributed by atoms with E-state index >= 15 is 0 Å². The normalized spacial score (nSPS) is 29.3. The molecule has 1 heterocycles. The molecule has 1 aliphatic heterocycles. The average molecular weight is 350 g/mol. The highest BCUT2D eigenvalue weighted by Gasteiger charge is 2.53. The van der Waals surface area contributed by atoms with Crippen LogP contribution in [0.5, 0.6) is 0 Å². The molecule has 0 saturated carbocycles. The molecule has 0 spiro atoms. The van der Waals surface area contributed by atoms with Crippen molar-refractivity contribution in [3.8, 4) is 0 Å². The minimum absolute atomic E-state index is 0.785. The Morgan fingerprint density at radius 2 is 1.17 bits per heavy atom. The van der Waals surface area contributed by atoms with Crippen LogP contribution >= 0.6 is 0 Å². The Bertz CT molecular complexity index is 506. The van der Waals surface area contributed by atoms with Crippen LogP contribution in [-0.4, -0.2) is 61.3 Å². The summed E-state index contributed by atoms with van der Waals surface area (Å²) in [5, 5.41) is 0. The topological polar surface area (TPSA) is 114 Å². The number of carbonyl (C=O) groups is 4. The molecule has 1 aliphatic rings. The second-order valence-electron chi connectivity index (χ2n) is 5.03. The average Bonchev–Trinajstić information content (AvgIpc) is 2.42. The van der Waals surface area contributed by atoms with E-state index in [0.29, 0.717) is 0 Å². The SMILES string of the molecule is CC(=O)O[C@H]1O[C@H](CF)[C@@H](OC(C)=O)[C@H](OC(C)=O)[C@H]1OC(C)=O. The number of hydrogen-bond acceptors (Lipinski definition) is 9. The van der Waals surface area contributed by atoms with Gasteiger partial charge in [-0.3, -0.25) is 19.2 Å². The Kier molecular flexibility index (Phi) is 7.08. The fourth-order valence-electron chi connectivity index (χ4n) is 2.24. The minimum atomic E-state index is -1.52. The van der Waals surface area contributed by atoms with Crippen LogP contribution in [0, 0.1) is 0 Å². The lowest BCUT2D eigenvalue weighted by atomic mass is 9.98. The molecule has 24 heavy (non-hydrogen) atoms. The van der Waals surface area contributed by atoms with Crippen LogP contribution < -0.4 is 0 Å². The van der Waals surface area contributed by atoms with Gasteiger partial charge in [-0.05, 0) is 0 Å². The van der Waals surface area contributed by atoms with Gasteiger partial charge in [0, 0.05) is 27.7 Å². The summed E-state index contributed by atoms with van der Waals surface area (Å²) in [6.45, 7) is 3.14. The number of alkyl halides is 1. The maximum atomic E-state index is 13.3. The van der Waals surface area contributed by atoms with Gasteiger partial charge in [0.05, 0.1) is 0 Å². The highest BCUT2D eigenvalue weighted by molar-refractivity contribution is 5.69. The largest absolute Gasteiger partial charge is 0.456 e. The number of hydrogen-bond donors (Lipinski definition) is 0. The van der Waals surface area contributed by atoms with Gasteiger partial charge in [0.1, 0.15) is 12.8 Å². The van der Waals surface area contributed by atoms with Gasteiger partial charge in [-0.15, -0.1) is 0 Å². The van der Waals surface area contributed by atoms with E-state index in [9.17, 15) is 23.6 Å². The fraction of sp³-hybridized carbons (Fsp3) is 0.714. The second-order valence-corrected chi connectivity index (χ2v) is 5.03. The van der Waals surface area contributed by atoms with Gasteiger partial charge in [-0.25, -0.2) is 4.39 Å². The maximum absolute atomic E-state index is 13.3. The van der Waals surface area contributed by atoms with Crippen molar-refractivity contribution >= 4 is 23.9 Å². The Morgan fingerprint density at radius 1 is 0.750 bits per heavy atom. The van der Waals surface area contributed by atoms with Gasteiger partial charge >= 0.3 is 23.9 Å². The highest BCUT2D eigenvalue weighted by Crippen LogP contribution is 2.29. The molecule has 0 unspecified atom stereocenters. The molecule has 136 valence electrons. The first-order valence-corrected chi connectivity index (χ1v) is 7.06. The predicted molar refractivity (Wildman–Crippen MR) is 73.1 cm³/mol. The van der Waals surface area contributed by atoms with E-state index in [-0.39, 0.29) is 0 Å². The third-order valence-electron chi connectivity index (χ3n) is 2.93. The summed E-state index contributed by atoms with van der Waals surface area (Å²) in [4.78, 5) is 45.1. The van der Waals surface area contributed by atoms with Crippen molar-refractivity contribution in [2.45, 2.75) is 58.4 Å². The van der Waals surface area contributed by atoms with E-state index in [2.05, 4.69) is 0 Å². The lowest BCUT2D eigenvalue weighted by Gasteiger charge is -2.43. The summed E-state index contributed by atoms with van der Waals surface area (Å²) in [6.07, 6.45) is -7.12. The molecule has 0 bridgehead atoms. The molecule has 1 saturated heterocycles. The molecule has 0 aromatic heterocycles. The Morgan fingerprint density at radius 3 is 1.58 bits per heavy atom. The number of esters is 4.